The first-order valence-corrected chi connectivity index (χ1v) is 17.8. The number of imide groups is 2. The largest absolute Gasteiger partial charge is 0.493 e. The van der Waals surface area contributed by atoms with Crippen LogP contribution in [0.2, 0.25) is 0 Å². The lowest BCUT2D eigenvalue weighted by atomic mass is 9.76. The van der Waals surface area contributed by atoms with Gasteiger partial charge in [0.25, 0.3) is 17.5 Å². The predicted octanol–water partition coefficient (Wildman–Crippen LogP) is 7.73. The van der Waals surface area contributed by atoms with Crippen molar-refractivity contribution in [1.82, 2.24) is 5.32 Å². The lowest BCUT2D eigenvalue weighted by molar-refractivity contribution is -0.384. The van der Waals surface area contributed by atoms with Crippen LogP contribution in [-0.4, -0.2) is 43.0 Å². The second-order valence-electron chi connectivity index (χ2n) is 13.5. The highest BCUT2D eigenvalue weighted by Gasteiger charge is 2.40. The Hall–Kier alpha value is -6.75. The van der Waals surface area contributed by atoms with Crippen molar-refractivity contribution < 1.29 is 28.8 Å². The molecule has 0 bridgehead atoms. The van der Waals surface area contributed by atoms with E-state index in [1.807, 2.05) is 48.5 Å². The standard InChI is InChI=1S/C43H36N4O7/c1-53-39-23-27(15-16-38(39)54-26-28-9-8-14-31(21-28)47(51)52)22-37-41(48)44-43(50)46(42(37)49)32-24-35-33(29-10-4-2-5-11-29)17-19-45-20-18-34(36(25-32)40(35)45)30-12-6-3-7-13-30/h2-16,21-25,33-34H,17-20,26H2,1H3,(H,44,48,50)/b37-22+/t33-,34-/m0/s1. The molecule has 3 aliphatic rings. The number of hydrogen-bond acceptors (Lipinski definition) is 8. The third-order valence-corrected chi connectivity index (χ3v) is 10.4. The second kappa shape index (κ2) is 14.3. The Morgan fingerprint density at radius 3 is 2.06 bits per heavy atom. The first kappa shape index (κ1) is 34.3. The maximum absolute atomic E-state index is 14.3. The molecule has 1 N–H and O–H groups in total. The lowest BCUT2D eigenvalue weighted by Crippen LogP contribution is -2.54. The smallest absolute Gasteiger partial charge is 0.335 e. The molecule has 2 atom stereocenters. The maximum atomic E-state index is 14.3. The van der Waals surface area contributed by atoms with Gasteiger partial charge in [-0.15, -0.1) is 0 Å². The normalized spacial score (nSPS) is 18.6. The van der Waals surface area contributed by atoms with Crippen LogP contribution in [0.4, 0.5) is 21.9 Å². The van der Waals surface area contributed by atoms with Crippen molar-refractivity contribution in [2.75, 3.05) is 30.0 Å². The van der Waals surface area contributed by atoms with Gasteiger partial charge in [-0.05, 0) is 76.6 Å². The van der Waals surface area contributed by atoms with Gasteiger partial charge in [-0.25, -0.2) is 9.69 Å². The molecule has 1 saturated heterocycles. The summed E-state index contributed by atoms with van der Waals surface area (Å²) in [6.45, 7) is 1.84. The number of methoxy groups -OCH3 is 1. The minimum absolute atomic E-state index is 0.0446. The SMILES string of the molecule is COc1cc(/C=C2\C(=O)NC(=O)N(c3cc4c5c(c3)[C@H](c3ccccc3)CCN5CC[C@H]4c3ccccc3)C2=O)ccc1OCc1cccc([N+](=O)[O-])c1. The fraction of sp³-hybridized carbons (Fsp3) is 0.186. The van der Waals surface area contributed by atoms with Gasteiger partial charge in [0.2, 0.25) is 0 Å². The molecule has 0 unspecified atom stereocenters. The first-order valence-electron chi connectivity index (χ1n) is 17.8. The molecule has 54 heavy (non-hydrogen) atoms. The van der Waals surface area contributed by atoms with Crippen molar-refractivity contribution in [2.24, 2.45) is 0 Å². The highest BCUT2D eigenvalue weighted by molar-refractivity contribution is 6.39. The third kappa shape index (κ3) is 6.44. The van der Waals surface area contributed by atoms with Crippen LogP contribution in [0.15, 0.2) is 121 Å². The highest BCUT2D eigenvalue weighted by Crippen LogP contribution is 2.50. The predicted molar refractivity (Wildman–Crippen MR) is 204 cm³/mol. The Morgan fingerprint density at radius 1 is 0.796 bits per heavy atom. The zero-order valence-electron chi connectivity index (χ0n) is 29.4. The van der Waals surface area contributed by atoms with E-state index in [9.17, 15) is 24.5 Å². The van der Waals surface area contributed by atoms with Crippen molar-refractivity contribution in [1.29, 1.82) is 0 Å². The minimum atomic E-state index is -0.812. The van der Waals surface area contributed by atoms with Gasteiger partial charge in [0, 0.05) is 42.7 Å². The van der Waals surface area contributed by atoms with Gasteiger partial charge in [0.05, 0.1) is 17.7 Å². The van der Waals surface area contributed by atoms with Crippen LogP contribution < -0.4 is 24.6 Å². The number of barbiturate groups is 1. The molecule has 270 valence electrons. The molecule has 0 spiro atoms. The van der Waals surface area contributed by atoms with Gasteiger partial charge >= 0.3 is 6.03 Å². The Morgan fingerprint density at radius 2 is 1.44 bits per heavy atom. The van der Waals surface area contributed by atoms with Crippen molar-refractivity contribution in [3.8, 4) is 11.5 Å². The van der Waals surface area contributed by atoms with Crippen LogP contribution in [0.1, 0.15) is 58.1 Å². The summed E-state index contributed by atoms with van der Waals surface area (Å²) in [5.41, 5.74) is 6.78. The number of hydrogen-bond donors (Lipinski definition) is 1. The van der Waals surface area contributed by atoms with Crippen molar-refractivity contribution in [3.63, 3.8) is 0 Å². The molecule has 3 heterocycles. The van der Waals surface area contributed by atoms with E-state index in [2.05, 4.69) is 34.5 Å². The highest BCUT2D eigenvalue weighted by atomic mass is 16.6. The molecule has 4 amide bonds. The molecule has 11 heteroatoms. The summed E-state index contributed by atoms with van der Waals surface area (Å²) >= 11 is 0. The Labute approximate surface area is 311 Å². The number of nitro groups is 1. The number of urea groups is 1. The fourth-order valence-corrected chi connectivity index (χ4v) is 7.84. The van der Waals surface area contributed by atoms with Crippen LogP contribution in [0, 0.1) is 10.1 Å². The van der Waals surface area contributed by atoms with E-state index in [1.54, 1.807) is 30.3 Å². The molecule has 0 aliphatic carbocycles. The summed E-state index contributed by atoms with van der Waals surface area (Å²) in [7, 11) is 1.46. The van der Waals surface area contributed by atoms with Gasteiger partial charge < -0.3 is 14.4 Å². The first-order chi connectivity index (χ1) is 26.3. The molecule has 5 aromatic rings. The van der Waals surface area contributed by atoms with E-state index in [4.69, 9.17) is 9.47 Å². The summed E-state index contributed by atoms with van der Waals surface area (Å²) in [5.74, 6) is -0.757. The molecule has 0 saturated carbocycles. The van der Waals surface area contributed by atoms with Crippen LogP contribution in [0.25, 0.3) is 6.08 Å². The molecule has 0 radical (unpaired) electrons. The molecule has 5 aromatic carbocycles. The summed E-state index contributed by atoms with van der Waals surface area (Å²) in [6.07, 6.45) is 3.19. The minimum Gasteiger partial charge on any atom is -0.493 e. The van der Waals surface area contributed by atoms with E-state index in [-0.39, 0.29) is 29.7 Å². The van der Waals surface area contributed by atoms with Gasteiger partial charge in [0.15, 0.2) is 11.5 Å². The number of benzene rings is 5. The van der Waals surface area contributed by atoms with Gasteiger partial charge in [0.1, 0.15) is 12.2 Å². The maximum Gasteiger partial charge on any atom is 0.335 e. The van der Waals surface area contributed by atoms with E-state index in [0.717, 1.165) is 58.8 Å². The molecule has 11 nitrogen and oxygen atoms in total. The molecule has 3 aliphatic heterocycles. The van der Waals surface area contributed by atoms with Crippen LogP contribution in [-0.2, 0) is 16.2 Å². The Kier molecular flexibility index (Phi) is 9.12. The summed E-state index contributed by atoms with van der Waals surface area (Å²) in [6, 6.07) is 34.7. The lowest BCUT2D eigenvalue weighted by Gasteiger charge is -2.44. The van der Waals surface area contributed by atoms with Gasteiger partial charge in [-0.1, -0.05) is 78.9 Å². The van der Waals surface area contributed by atoms with E-state index < -0.39 is 22.8 Å². The number of ether oxygens (including phenoxy) is 2. The summed E-state index contributed by atoms with van der Waals surface area (Å²) in [5, 5.41) is 13.6. The molecule has 0 aromatic heterocycles. The quantitative estimate of drug-likeness (QED) is 0.0709. The Bertz CT molecular complexity index is 2250. The Balaban J connectivity index is 1.15. The van der Waals surface area contributed by atoms with Crippen LogP contribution in [0.5, 0.6) is 11.5 Å². The topological polar surface area (TPSA) is 131 Å². The van der Waals surface area contributed by atoms with Crippen LogP contribution >= 0.6 is 0 Å². The van der Waals surface area contributed by atoms with Gasteiger partial charge in [-0.2, -0.15) is 0 Å². The number of rotatable bonds is 9. The zero-order valence-corrected chi connectivity index (χ0v) is 29.4. The van der Waals surface area contributed by atoms with E-state index >= 15 is 0 Å². The third-order valence-electron chi connectivity index (χ3n) is 10.4. The van der Waals surface area contributed by atoms with Crippen molar-refractivity contribution in [3.05, 3.63) is 164 Å². The number of carbonyl (C=O) groups is 3. The number of amides is 4. The average molecular weight is 721 g/mol. The number of carbonyl (C=O) groups excluding carboxylic acids is 3. The molecular formula is C43H36N4O7. The number of nitro benzene ring substituents is 1. The summed E-state index contributed by atoms with van der Waals surface area (Å²) < 4.78 is 11.5. The molecule has 8 rings (SSSR count). The number of nitrogens with one attached hydrogen (secondary N) is 1. The fourth-order valence-electron chi connectivity index (χ4n) is 7.84. The molecular weight excluding hydrogens is 684 g/mol. The summed E-state index contributed by atoms with van der Waals surface area (Å²) in [4.78, 5) is 55.4. The van der Waals surface area contributed by atoms with Gasteiger partial charge in [-0.3, -0.25) is 25.0 Å². The van der Waals surface area contributed by atoms with Crippen molar-refractivity contribution in [2.45, 2.75) is 31.3 Å². The number of nitrogens with zero attached hydrogens (tertiary/aromatic N) is 3. The zero-order chi connectivity index (χ0) is 37.3. The average Bonchev–Trinajstić information content (AvgIpc) is 3.19. The number of anilines is 2. The van der Waals surface area contributed by atoms with E-state index in [0.29, 0.717) is 28.3 Å². The number of non-ortho nitro benzene ring substituents is 1. The second-order valence-corrected chi connectivity index (χ2v) is 13.5. The molecule has 1 fully saturated rings. The van der Waals surface area contributed by atoms with Crippen molar-refractivity contribution >= 4 is 41.0 Å². The van der Waals surface area contributed by atoms with E-state index in [1.165, 1.54) is 25.3 Å². The van der Waals surface area contributed by atoms with Crippen LogP contribution in [0.3, 0.4) is 0 Å². The monoisotopic (exact) mass is 720 g/mol.